The number of fused-ring (bicyclic) bond motifs is 1. The van der Waals surface area contributed by atoms with Crippen LogP contribution in [0.1, 0.15) is 36.8 Å². The van der Waals surface area contributed by atoms with Crippen LogP contribution in [0.3, 0.4) is 0 Å². The van der Waals surface area contributed by atoms with Crippen LogP contribution in [0.4, 0.5) is 11.8 Å². The number of para-hydroxylation sites is 1. The second-order valence-corrected chi connectivity index (χ2v) is 9.08. The minimum absolute atomic E-state index is 0.437. The highest BCUT2D eigenvalue weighted by atomic mass is 16.5. The van der Waals surface area contributed by atoms with Crippen LogP contribution in [-0.2, 0) is 6.54 Å². The topological polar surface area (TPSA) is 62.3 Å². The van der Waals surface area contributed by atoms with Crippen molar-refractivity contribution in [2.45, 2.75) is 45.2 Å². The van der Waals surface area contributed by atoms with Gasteiger partial charge in [0.25, 0.3) is 0 Å². The number of nitrogens with one attached hydrogen (secondary N) is 2. The molecule has 6 nitrogen and oxygen atoms in total. The van der Waals surface area contributed by atoms with Gasteiger partial charge in [0.15, 0.2) is 0 Å². The lowest BCUT2D eigenvalue weighted by atomic mass is 9.86. The van der Waals surface area contributed by atoms with Crippen LogP contribution in [0.15, 0.2) is 42.5 Å². The zero-order valence-corrected chi connectivity index (χ0v) is 19.7. The average Bonchev–Trinajstić information content (AvgIpc) is 2.80. The first-order chi connectivity index (χ1) is 15.5. The standard InChI is InChI=1S/C26H35N5O/c1-18-15-20(11-14-24(18)32-4)17-27-16-19-9-12-21(13-10-19)28-26-29-23-8-6-5-7-22(23)25(30-26)31(2)3/h5-8,11,14-15,19,21,27H,9-10,12-13,16-17H2,1-4H3,(H,28,29,30)/t19-,21+. The summed E-state index contributed by atoms with van der Waals surface area (Å²) in [5, 5.41) is 8.34. The molecular weight excluding hydrogens is 398 g/mol. The van der Waals surface area contributed by atoms with Gasteiger partial charge in [0.1, 0.15) is 11.6 Å². The molecule has 2 aromatic carbocycles. The molecule has 32 heavy (non-hydrogen) atoms. The lowest BCUT2D eigenvalue weighted by molar-refractivity contribution is 0.323. The lowest BCUT2D eigenvalue weighted by Crippen LogP contribution is -2.31. The summed E-state index contributed by atoms with van der Waals surface area (Å²) in [6.45, 7) is 4.06. The van der Waals surface area contributed by atoms with Crippen molar-refractivity contribution in [1.82, 2.24) is 15.3 Å². The third-order valence-corrected chi connectivity index (χ3v) is 6.41. The summed E-state index contributed by atoms with van der Waals surface area (Å²) in [6, 6.07) is 15.1. The number of methoxy groups -OCH3 is 1. The first kappa shape index (κ1) is 22.3. The van der Waals surface area contributed by atoms with Crippen molar-refractivity contribution in [3.63, 3.8) is 0 Å². The van der Waals surface area contributed by atoms with E-state index in [1.54, 1.807) is 7.11 Å². The Morgan fingerprint density at radius 3 is 2.53 bits per heavy atom. The van der Waals surface area contributed by atoms with Crippen LogP contribution in [0, 0.1) is 12.8 Å². The molecule has 2 N–H and O–H groups in total. The molecule has 1 aromatic heterocycles. The third kappa shape index (κ3) is 5.30. The zero-order chi connectivity index (χ0) is 22.5. The van der Waals surface area contributed by atoms with E-state index in [1.807, 2.05) is 26.2 Å². The van der Waals surface area contributed by atoms with E-state index in [0.29, 0.717) is 6.04 Å². The van der Waals surface area contributed by atoms with E-state index in [0.717, 1.165) is 60.3 Å². The number of aromatic nitrogens is 2. The quantitative estimate of drug-likeness (QED) is 0.533. The summed E-state index contributed by atoms with van der Waals surface area (Å²) in [7, 11) is 5.78. The average molecular weight is 434 g/mol. The molecule has 1 aliphatic rings. The van der Waals surface area contributed by atoms with E-state index >= 15 is 0 Å². The Morgan fingerprint density at radius 1 is 1.03 bits per heavy atom. The fourth-order valence-corrected chi connectivity index (χ4v) is 4.63. The molecule has 0 unspecified atom stereocenters. The smallest absolute Gasteiger partial charge is 0.225 e. The van der Waals surface area contributed by atoms with Gasteiger partial charge in [-0.1, -0.05) is 24.3 Å². The van der Waals surface area contributed by atoms with E-state index in [9.17, 15) is 0 Å². The van der Waals surface area contributed by atoms with E-state index in [-0.39, 0.29) is 0 Å². The van der Waals surface area contributed by atoms with Gasteiger partial charge in [-0.15, -0.1) is 0 Å². The number of hydrogen-bond donors (Lipinski definition) is 2. The summed E-state index contributed by atoms with van der Waals surface area (Å²) < 4.78 is 5.35. The molecule has 1 fully saturated rings. The molecule has 3 aromatic rings. The Kier molecular flexibility index (Phi) is 7.10. The largest absolute Gasteiger partial charge is 0.496 e. The highest BCUT2D eigenvalue weighted by Crippen LogP contribution is 2.28. The maximum Gasteiger partial charge on any atom is 0.225 e. The fraction of sp³-hybridized carbons (Fsp3) is 0.462. The predicted octanol–water partition coefficient (Wildman–Crippen LogP) is 4.77. The zero-order valence-electron chi connectivity index (χ0n) is 19.7. The van der Waals surface area contributed by atoms with Crippen molar-refractivity contribution in [3.05, 3.63) is 53.6 Å². The molecule has 1 heterocycles. The summed E-state index contributed by atoms with van der Waals surface area (Å²) in [5.74, 6) is 3.38. The molecule has 0 saturated heterocycles. The van der Waals surface area contributed by atoms with Crippen molar-refractivity contribution in [2.24, 2.45) is 5.92 Å². The highest BCUT2D eigenvalue weighted by molar-refractivity contribution is 5.90. The number of hydrogen-bond acceptors (Lipinski definition) is 6. The summed E-state index contributed by atoms with van der Waals surface area (Å²) in [6.07, 6.45) is 4.75. The maximum absolute atomic E-state index is 5.35. The van der Waals surface area contributed by atoms with E-state index in [1.165, 1.54) is 24.0 Å². The van der Waals surface area contributed by atoms with E-state index < -0.39 is 0 Å². The Balaban J connectivity index is 1.27. The molecule has 0 spiro atoms. The van der Waals surface area contributed by atoms with Gasteiger partial charge in [0, 0.05) is 32.1 Å². The van der Waals surface area contributed by atoms with Crippen LogP contribution in [0.5, 0.6) is 5.75 Å². The van der Waals surface area contributed by atoms with Crippen molar-refractivity contribution in [2.75, 3.05) is 38.0 Å². The molecule has 0 bridgehead atoms. The van der Waals surface area contributed by atoms with Crippen LogP contribution < -0.4 is 20.3 Å². The van der Waals surface area contributed by atoms with Crippen molar-refractivity contribution in [3.8, 4) is 5.75 Å². The van der Waals surface area contributed by atoms with Crippen LogP contribution in [0.2, 0.25) is 0 Å². The van der Waals surface area contributed by atoms with E-state index in [4.69, 9.17) is 14.7 Å². The minimum atomic E-state index is 0.437. The third-order valence-electron chi connectivity index (χ3n) is 6.41. The van der Waals surface area contributed by atoms with Crippen molar-refractivity contribution >= 4 is 22.7 Å². The molecule has 170 valence electrons. The fourth-order valence-electron chi connectivity index (χ4n) is 4.63. The number of benzene rings is 2. The molecule has 4 rings (SSSR count). The van der Waals surface area contributed by atoms with Gasteiger partial charge >= 0.3 is 0 Å². The van der Waals surface area contributed by atoms with Gasteiger partial charge in [0.05, 0.1) is 12.6 Å². The van der Waals surface area contributed by atoms with Crippen molar-refractivity contribution < 1.29 is 4.74 Å². The number of aryl methyl sites for hydroxylation is 1. The first-order valence-corrected chi connectivity index (χ1v) is 11.6. The first-order valence-electron chi connectivity index (χ1n) is 11.6. The minimum Gasteiger partial charge on any atom is -0.496 e. The number of anilines is 2. The van der Waals surface area contributed by atoms with Gasteiger partial charge in [0.2, 0.25) is 5.95 Å². The molecule has 0 atom stereocenters. The number of ether oxygens (including phenoxy) is 1. The summed E-state index contributed by atoms with van der Waals surface area (Å²) in [5.41, 5.74) is 3.48. The second-order valence-electron chi connectivity index (χ2n) is 9.08. The second kappa shape index (κ2) is 10.2. The van der Waals surface area contributed by atoms with Gasteiger partial charge in [-0.3, -0.25) is 0 Å². The monoisotopic (exact) mass is 433 g/mol. The van der Waals surface area contributed by atoms with E-state index in [2.05, 4.69) is 52.8 Å². The molecular formula is C26H35N5O. The van der Waals surface area contributed by atoms with Crippen LogP contribution >= 0.6 is 0 Å². The SMILES string of the molecule is COc1ccc(CNC[C@H]2CC[C@@H](Nc3nc(N(C)C)c4ccccc4n3)CC2)cc1C. The summed E-state index contributed by atoms with van der Waals surface area (Å²) >= 11 is 0. The van der Waals surface area contributed by atoms with Gasteiger partial charge in [-0.25, -0.2) is 4.98 Å². The molecule has 0 amide bonds. The van der Waals surface area contributed by atoms with Crippen LogP contribution in [0.25, 0.3) is 10.9 Å². The normalized spacial score (nSPS) is 18.5. The molecule has 6 heteroatoms. The molecule has 0 radical (unpaired) electrons. The predicted molar refractivity (Wildman–Crippen MR) is 133 cm³/mol. The van der Waals surface area contributed by atoms with Crippen molar-refractivity contribution in [1.29, 1.82) is 0 Å². The van der Waals surface area contributed by atoms with Gasteiger partial charge in [-0.2, -0.15) is 4.98 Å². The van der Waals surface area contributed by atoms with Gasteiger partial charge < -0.3 is 20.3 Å². The molecule has 1 saturated carbocycles. The molecule has 1 aliphatic carbocycles. The number of nitrogens with zero attached hydrogens (tertiary/aromatic N) is 3. The van der Waals surface area contributed by atoms with Gasteiger partial charge in [-0.05, 0) is 74.4 Å². The Bertz CT molecular complexity index is 1040. The maximum atomic E-state index is 5.35. The Hall–Kier alpha value is -2.86. The van der Waals surface area contributed by atoms with Crippen LogP contribution in [-0.4, -0.2) is 43.8 Å². The lowest BCUT2D eigenvalue weighted by Gasteiger charge is -2.29. The highest BCUT2D eigenvalue weighted by Gasteiger charge is 2.22. The molecule has 0 aliphatic heterocycles. The Morgan fingerprint density at radius 2 is 1.81 bits per heavy atom. The Labute approximate surface area is 191 Å². The summed E-state index contributed by atoms with van der Waals surface area (Å²) in [4.78, 5) is 11.6. The number of rotatable bonds is 8.